The van der Waals surface area contributed by atoms with Gasteiger partial charge in [-0.15, -0.1) is 0 Å². The Labute approximate surface area is 297 Å². The highest BCUT2D eigenvalue weighted by atomic mass is 14.9. The van der Waals surface area contributed by atoms with Crippen molar-refractivity contribution < 1.29 is 0 Å². The molecular formula is C49H34N2. The molecule has 0 fully saturated rings. The van der Waals surface area contributed by atoms with E-state index in [-0.39, 0.29) is 5.41 Å². The van der Waals surface area contributed by atoms with Gasteiger partial charge in [0.15, 0.2) is 5.82 Å². The first-order chi connectivity index (χ1) is 25.0. The highest BCUT2D eigenvalue weighted by Gasteiger charge is 2.35. The van der Waals surface area contributed by atoms with Crippen LogP contribution in [-0.4, -0.2) is 9.97 Å². The van der Waals surface area contributed by atoms with Crippen LogP contribution < -0.4 is 0 Å². The lowest BCUT2D eigenvalue weighted by atomic mass is 9.81. The van der Waals surface area contributed by atoms with Gasteiger partial charge in [0, 0.05) is 22.1 Å². The van der Waals surface area contributed by atoms with Crippen molar-refractivity contribution in [3.05, 3.63) is 181 Å². The van der Waals surface area contributed by atoms with E-state index in [0.717, 1.165) is 28.1 Å². The van der Waals surface area contributed by atoms with Crippen molar-refractivity contribution >= 4 is 32.3 Å². The maximum Gasteiger partial charge on any atom is 0.160 e. The minimum absolute atomic E-state index is 0.0375. The molecule has 240 valence electrons. The summed E-state index contributed by atoms with van der Waals surface area (Å²) in [5.41, 5.74) is 12.9. The van der Waals surface area contributed by atoms with Crippen LogP contribution in [0.5, 0.6) is 0 Å². The molecule has 1 aromatic heterocycles. The van der Waals surface area contributed by atoms with Gasteiger partial charge in [-0.1, -0.05) is 166 Å². The van der Waals surface area contributed by atoms with E-state index < -0.39 is 0 Å². The standard InChI is InChI=1S/C49H34N2/c1-49(2)42-19-11-10-18-40(42)41-27-26-35(29-43(41)49)31-20-23-33(24-21-31)44-30-45(51-48(50-44)34-13-4-3-5-14-34)47-39-17-9-7-15-36(39)28-37-25-22-32-12-6-8-16-38(32)46(37)47/h3-30H,1-2H3. The van der Waals surface area contributed by atoms with E-state index in [4.69, 9.17) is 9.97 Å². The average Bonchev–Trinajstić information content (AvgIpc) is 3.42. The van der Waals surface area contributed by atoms with E-state index in [1.807, 2.05) is 6.07 Å². The van der Waals surface area contributed by atoms with Crippen molar-refractivity contribution in [1.29, 1.82) is 0 Å². The number of hydrogen-bond donors (Lipinski definition) is 0. The molecule has 0 N–H and O–H groups in total. The van der Waals surface area contributed by atoms with Gasteiger partial charge in [0.05, 0.1) is 11.4 Å². The van der Waals surface area contributed by atoms with Gasteiger partial charge in [-0.25, -0.2) is 9.97 Å². The molecule has 2 heteroatoms. The minimum atomic E-state index is -0.0375. The van der Waals surface area contributed by atoms with Gasteiger partial charge in [-0.3, -0.25) is 0 Å². The molecule has 0 radical (unpaired) electrons. The Bertz CT molecular complexity index is 2810. The van der Waals surface area contributed by atoms with Crippen LogP contribution in [0.4, 0.5) is 0 Å². The summed E-state index contributed by atoms with van der Waals surface area (Å²) < 4.78 is 0. The molecule has 2 nitrogen and oxygen atoms in total. The topological polar surface area (TPSA) is 25.8 Å². The molecule has 9 aromatic rings. The zero-order valence-corrected chi connectivity index (χ0v) is 28.6. The molecule has 1 aliphatic carbocycles. The summed E-state index contributed by atoms with van der Waals surface area (Å²) >= 11 is 0. The smallest absolute Gasteiger partial charge is 0.160 e. The van der Waals surface area contributed by atoms with Crippen LogP contribution in [0.3, 0.4) is 0 Å². The van der Waals surface area contributed by atoms with Crippen LogP contribution in [-0.2, 0) is 5.41 Å². The molecule has 1 heterocycles. The van der Waals surface area contributed by atoms with Crippen molar-refractivity contribution in [2.75, 3.05) is 0 Å². The predicted octanol–water partition coefficient (Wildman–Crippen LogP) is 12.9. The molecule has 8 aromatic carbocycles. The lowest BCUT2D eigenvalue weighted by Crippen LogP contribution is -2.14. The van der Waals surface area contributed by atoms with Crippen LogP contribution in [0.1, 0.15) is 25.0 Å². The fourth-order valence-corrected chi connectivity index (χ4v) is 8.26. The maximum atomic E-state index is 5.32. The van der Waals surface area contributed by atoms with Crippen molar-refractivity contribution in [3.63, 3.8) is 0 Å². The Hall–Kier alpha value is -6.38. The average molecular weight is 651 g/mol. The molecule has 0 atom stereocenters. The lowest BCUT2D eigenvalue weighted by molar-refractivity contribution is 0.660. The molecule has 0 saturated carbocycles. The zero-order chi connectivity index (χ0) is 34.1. The van der Waals surface area contributed by atoms with E-state index in [1.165, 1.54) is 65.7 Å². The largest absolute Gasteiger partial charge is 0.228 e. The molecule has 0 saturated heterocycles. The van der Waals surface area contributed by atoms with E-state index in [1.54, 1.807) is 0 Å². The summed E-state index contributed by atoms with van der Waals surface area (Å²) in [4.78, 5) is 10.5. The first-order valence-corrected chi connectivity index (χ1v) is 17.7. The number of hydrogen-bond acceptors (Lipinski definition) is 2. The molecule has 0 bridgehead atoms. The Morgan fingerprint density at radius 3 is 1.86 bits per heavy atom. The number of rotatable bonds is 4. The fourth-order valence-electron chi connectivity index (χ4n) is 8.26. The second-order valence-electron chi connectivity index (χ2n) is 14.2. The third-order valence-corrected chi connectivity index (χ3v) is 10.9. The Morgan fingerprint density at radius 2 is 1.02 bits per heavy atom. The van der Waals surface area contributed by atoms with Crippen LogP contribution in [0.25, 0.3) is 88.5 Å². The fraction of sp³-hybridized carbons (Fsp3) is 0.0612. The zero-order valence-electron chi connectivity index (χ0n) is 28.6. The highest BCUT2D eigenvalue weighted by molar-refractivity contribution is 6.21. The van der Waals surface area contributed by atoms with Gasteiger partial charge in [0.2, 0.25) is 0 Å². The first-order valence-electron chi connectivity index (χ1n) is 17.7. The second kappa shape index (κ2) is 11.3. The maximum absolute atomic E-state index is 5.32. The molecule has 0 spiro atoms. The first kappa shape index (κ1) is 29.5. The summed E-state index contributed by atoms with van der Waals surface area (Å²) in [5, 5.41) is 7.24. The number of fused-ring (bicyclic) bond motifs is 7. The molecule has 1 aliphatic rings. The SMILES string of the molecule is CC1(C)c2ccccc2-c2ccc(-c3ccc(-c4cc(-c5c6ccccc6cc6ccc7ccccc7c56)nc(-c5ccccc5)n4)cc3)cc21. The third kappa shape index (κ3) is 4.71. The van der Waals surface area contributed by atoms with Crippen molar-refractivity contribution in [2.24, 2.45) is 0 Å². The van der Waals surface area contributed by atoms with E-state index in [2.05, 4.69) is 178 Å². The number of nitrogens with zero attached hydrogens (tertiary/aromatic N) is 2. The van der Waals surface area contributed by atoms with Gasteiger partial charge >= 0.3 is 0 Å². The summed E-state index contributed by atoms with van der Waals surface area (Å²) in [6, 6.07) is 61.2. The van der Waals surface area contributed by atoms with Gasteiger partial charge < -0.3 is 0 Å². The van der Waals surface area contributed by atoms with Crippen molar-refractivity contribution in [2.45, 2.75) is 19.3 Å². The van der Waals surface area contributed by atoms with Crippen molar-refractivity contribution in [1.82, 2.24) is 9.97 Å². The quantitative estimate of drug-likeness (QED) is 0.140. The van der Waals surface area contributed by atoms with Gasteiger partial charge in [0.25, 0.3) is 0 Å². The predicted molar refractivity (Wildman–Crippen MR) is 214 cm³/mol. The molecule has 51 heavy (non-hydrogen) atoms. The van der Waals surface area contributed by atoms with Crippen molar-refractivity contribution in [3.8, 4) is 56.2 Å². The summed E-state index contributed by atoms with van der Waals surface area (Å²) in [6.07, 6.45) is 0. The summed E-state index contributed by atoms with van der Waals surface area (Å²) in [5.74, 6) is 0.717. The van der Waals surface area contributed by atoms with Crippen LogP contribution in [0.2, 0.25) is 0 Å². The van der Waals surface area contributed by atoms with Crippen LogP contribution in [0, 0.1) is 0 Å². The third-order valence-electron chi connectivity index (χ3n) is 10.9. The second-order valence-corrected chi connectivity index (χ2v) is 14.2. The number of benzene rings is 8. The van der Waals surface area contributed by atoms with Crippen LogP contribution >= 0.6 is 0 Å². The van der Waals surface area contributed by atoms with Gasteiger partial charge in [0.1, 0.15) is 0 Å². The molecule has 10 rings (SSSR count). The van der Waals surface area contributed by atoms with Crippen LogP contribution in [0.15, 0.2) is 170 Å². The Balaban J connectivity index is 1.15. The monoisotopic (exact) mass is 650 g/mol. The molecular weight excluding hydrogens is 617 g/mol. The van der Waals surface area contributed by atoms with Gasteiger partial charge in [-0.2, -0.15) is 0 Å². The lowest BCUT2D eigenvalue weighted by Gasteiger charge is -2.22. The molecule has 0 aliphatic heterocycles. The van der Waals surface area contributed by atoms with E-state index in [9.17, 15) is 0 Å². The summed E-state index contributed by atoms with van der Waals surface area (Å²) in [7, 11) is 0. The Morgan fingerprint density at radius 1 is 0.392 bits per heavy atom. The normalized spacial score (nSPS) is 13.1. The molecule has 0 amide bonds. The van der Waals surface area contributed by atoms with E-state index in [0.29, 0.717) is 5.82 Å². The molecule has 0 unspecified atom stereocenters. The van der Waals surface area contributed by atoms with E-state index >= 15 is 0 Å². The van der Waals surface area contributed by atoms with Gasteiger partial charge in [-0.05, 0) is 83.9 Å². The Kier molecular flexibility index (Phi) is 6.56. The number of aromatic nitrogens is 2. The minimum Gasteiger partial charge on any atom is -0.228 e. The summed E-state index contributed by atoms with van der Waals surface area (Å²) in [6.45, 7) is 4.67. The highest BCUT2D eigenvalue weighted by Crippen LogP contribution is 2.49.